The molecule has 4 amide bonds. The summed E-state index contributed by atoms with van der Waals surface area (Å²) in [5.41, 5.74) is 3.02. The average molecular weight is 567 g/mol. The molecular weight excluding hydrogens is 528 g/mol. The molecule has 2 unspecified atom stereocenters. The van der Waals surface area contributed by atoms with E-state index in [-0.39, 0.29) is 30.3 Å². The molecule has 0 radical (unpaired) electrons. The van der Waals surface area contributed by atoms with Crippen molar-refractivity contribution < 1.29 is 19.1 Å². The first-order chi connectivity index (χ1) is 20.4. The summed E-state index contributed by atoms with van der Waals surface area (Å²) < 4.78 is 6.03. The van der Waals surface area contributed by atoms with Crippen molar-refractivity contribution in [1.29, 1.82) is 0 Å². The van der Waals surface area contributed by atoms with Gasteiger partial charge in [-0.2, -0.15) is 0 Å². The van der Waals surface area contributed by atoms with Crippen molar-refractivity contribution in [3.05, 3.63) is 107 Å². The highest BCUT2D eigenvalue weighted by Crippen LogP contribution is 2.38. The molecule has 0 aliphatic carbocycles. The Morgan fingerprint density at radius 2 is 1.67 bits per heavy atom. The Bertz CT molecular complexity index is 1450. The number of likely N-dealkylation sites (N-methyl/N-ethyl adjacent to an activating group) is 1. The van der Waals surface area contributed by atoms with Gasteiger partial charge in [0.15, 0.2) is 0 Å². The third-order valence-electron chi connectivity index (χ3n) is 7.67. The summed E-state index contributed by atoms with van der Waals surface area (Å²) in [5.74, 6) is 1.07. The van der Waals surface area contributed by atoms with E-state index in [2.05, 4.69) is 10.6 Å². The van der Waals surface area contributed by atoms with E-state index in [1.807, 2.05) is 106 Å². The molecule has 3 aromatic carbocycles. The maximum absolute atomic E-state index is 14.2. The van der Waals surface area contributed by atoms with Gasteiger partial charge in [-0.15, -0.1) is 0 Å². The number of hydrogen-bond donors (Lipinski definition) is 2. The molecule has 2 atom stereocenters. The summed E-state index contributed by atoms with van der Waals surface area (Å²) in [6, 6.07) is 25.3. The van der Waals surface area contributed by atoms with Crippen LogP contribution >= 0.6 is 0 Å². The first kappa shape index (κ1) is 28.9. The van der Waals surface area contributed by atoms with Gasteiger partial charge in [0.2, 0.25) is 5.91 Å². The SMILES string of the molecule is CCN1C(=O)NC(c2cccc(Oc3ccccc3)c2)C2=C1CN(C(CC(C)C)C(=O)NCCc1ccccc1)C2=O. The van der Waals surface area contributed by atoms with E-state index in [1.165, 1.54) is 0 Å². The summed E-state index contributed by atoms with van der Waals surface area (Å²) >= 11 is 0. The number of nitrogens with one attached hydrogen (secondary N) is 2. The van der Waals surface area contributed by atoms with Gasteiger partial charge >= 0.3 is 6.03 Å². The lowest BCUT2D eigenvalue weighted by Crippen LogP contribution is -2.49. The van der Waals surface area contributed by atoms with Gasteiger partial charge in [-0.25, -0.2) is 4.79 Å². The third-order valence-corrected chi connectivity index (χ3v) is 7.67. The molecule has 0 bridgehead atoms. The van der Waals surface area contributed by atoms with Crippen LogP contribution in [0.4, 0.5) is 4.79 Å². The molecule has 5 rings (SSSR count). The Labute approximate surface area is 247 Å². The molecule has 0 spiro atoms. The van der Waals surface area contributed by atoms with Gasteiger partial charge in [-0.05, 0) is 61.1 Å². The molecule has 2 heterocycles. The Hall–Kier alpha value is -4.59. The number of ether oxygens (including phenoxy) is 1. The number of hydrogen-bond acceptors (Lipinski definition) is 4. The molecule has 42 heavy (non-hydrogen) atoms. The lowest BCUT2D eigenvalue weighted by atomic mass is 9.95. The molecule has 2 aliphatic rings. The number of amides is 4. The van der Waals surface area contributed by atoms with Crippen molar-refractivity contribution in [3.63, 3.8) is 0 Å². The topological polar surface area (TPSA) is 91.0 Å². The number of carbonyl (C=O) groups is 3. The zero-order valence-electron chi connectivity index (χ0n) is 24.4. The molecule has 218 valence electrons. The summed E-state index contributed by atoms with van der Waals surface area (Å²) in [4.78, 5) is 44.2. The number of carbonyl (C=O) groups excluding carboxylic acids is 3. The zero-order chi connectivity index (χ0) is 29.6. The standard InChI is InChI=1S/C34H38N4O4/c1-4-37-29-22-38(28(20-23(2)3)32(39)35-19-18-24-12-7-5-8-13-24)33(40)30(29)31(36-34(37)41)25-14-11-17-27(21-25)42-26-15-9-6-10-16-26/h5-17,21,23,28,31H,4,18-20,22H2,1-3H3,(H,35,39)(H,36,41). The van der Waals surface area contributed by atoms with Crippen molar-refractivity contribution in [2.24, 2.45) is 5.92 Å². The van der Waals surface area contributed by atoms with Crippen LogP contribution in [0.25, 0.3) is 0 Å². The monoisotopic (exact) mass is 566 g/mol. The molecular formula is C34H38N4O4. The van der Waals surface area contributed by atoms with E-state index >= 15 is 0 Å². The first-order valence-electron chi connectivity index (χ1n) is 14.6. The molecule has 0 saturated heterocycles. The summed E-state index contributed by atoms with van der Waals surface area (Å²) in [6.45, 7) is 7.06. The summed E-state index contributed by atoms with van der Waals surface area (Å²) in [5, 5.41) is 6.09. The Morgan fingerprint density at radius 3 is 2.36 bits per heavy atom. The van der Waals surface area contributed by atoms with E-state index in [9.17, 15) is 14.4 Å². The van der Waals surface area contributed by atoms with Gasteiger partial charge in [0.1, 0.15) is 17.5 Å². The van der Waals surface area contributed by atoms with Crippen molar-refractivity contribution in [3.8, 4) is 11.5 Å². The van der Waals surface area contributed by atoms with Crippen LogP contribution in [0.2, 0.25) is 0 Å². The molecule has 0 saturated carbocycles. The summed E-state index contributed by atoms with van der Waals surface area (Å²) in [6.07, 6.45) is 1.22. The van der Waals surface area contributed by atoms with Gasteiger partial charge in [-0.1, -0.05) is 74.5 Å². The fourth-order valence-electron chi connectivity index (χ4n) is 5.65. The number of para-hydroxylation sites is 1. The quantitative estimate of drug-likeness (QED) is 0.324. The minimum Gasteiger partial charge on any atom is -0.457 e. The van der Waals surface area contributed by atoms with Crippen LogP contribution in [0.5, 0.6) is 11.5 Å². The number of nitrogens with zero attached hydrogens (tertiary/aromatic N) is 2. The number of rotatable bonds is 11. The van der Waals surface area contributed by atoms with Crippen molar-refractivity contribution in [1.82, 2.24) is 20.4 Å². The second-order valence-electron chi connectivity index (χ2n) is 11.1. The van der Waals surface area contributed by atoms with E-state index in [0.29, 0.717) is 48.7 Å². The van der Waals surface area contributed by atoms with E-state index in [4.69, 9.17) is 4.74 Å². The van der Waals surface area contributed by atoms with Crippen LogP contribution in [0.3, 0.4) is 0 Å². The number of urea groups is 1. The van der Waals surface area contributed by atoms with Crippen LogP contribution < -0.4 is 15.4 Å². The predicted molar refractivity (Wildman–Crippen MR) is 162 cm³/mol. The van der Waals surface area contributed by atoms with Gasteiger partial charge < -0.3 is 20.3 Å². The van der Waals surface area contributed by atoms with Gasteiger partial charge in [0.25, 0.3) is 5.91 Å². The van der Waals surface area contributed by atoms with Crippen molar-refractivity contribution >= 4 is 17.8 Å². The highest BCUT2D eigenvalue weighted by Gasteiger charge is 2.46. The fourth-order valence-corrected chi connectivity index (χ4v) is 5.65. The normalized spacial score (nSPS) is 17.3. The lowest BCUT2D eigenvalue weighted by molar-refractivity contribution is -0.137. The van der Waals surface area contributed by atoms with E-state index in [1.54, 1.807) is 9.80 Å². The largest absolute Gasteiger partial charge is 0.457 e. The second kappa shape index (κ2) is 12.9. The Morgan fingerprint density at radius 1 is 0.976 bits per heavy atom. The smallest absolute Gasteiger partial charge is 0.322 e. The minimum atomic E-state index is -0.659. The second-order valence-corrected chi connectivity index (χ2v) is 11.1. The van der Waals surface area contributed by atoms with Crippen LogP contribution in [0.15, 0.2) is 96.2 Å². The third kappa shape index (κ3) is 6.33. The molecule has 0 fully saturated rings. The highest BCUT2D eigenvalue weighted by molar-refractivity contribution is 6.03. The Kier molecular flexibility index (Phi) is 8.91. The molecule has 0 aromatic heterocycles. The highest BCUT2D eigenvalue weighted by atomic mass is 16.5. The maximum Gasteiger partial charge on any atom is 0.322 e. The van der Waals surface area contributed by atoms with Gasteiger partial charge in [-0.3, -0.25) is 14.5 Å². The molecule has 8 heteroatoms. The molecule has 2 N–H and O–H groups in total. The molecule has 8 nitrogen and oxygen atoms in total. The first-order valence-corrected chi connectivity index (χ1v) is 14.6. The van der Waals surface area contributed by atoms with Crippen molar-refractivity contribution in [2.75, 3.05) is 19.6 Å². The molecule has 2 aliphatic heterocycles. The number of benzene rings is 3. The molecule has 3 aromatic rings. The maximum atomic E-state index is 14.2. The van der Waals surface area contributed by atoms with E-state index in [0.717, 1.165) is 11.1 Å². The predicted octanol–water partition coefficient (Wildman–Crippen LogP) is 5.44. The Balaban J connectivity index is 1.39. The van der Waals surface area contributed by atoms with Gasteiger partial charge in [0.05, 0.1) is 23.9 Å². The summed E-state index contributed by atoms with van der Waals surface area (Å²) in [7, 11) is 0. The van der Waals surface area contributed by atoms with Crippen LogP contribution in [0, 0.1) is 5.92 Å². The zero-order valence-corrected chi connectivity index (χ0v) is 24.4. The van der Waals surface area contributed by atoms with Crippen LogP contribution in [-0.4, -0.2) is 53.3 Å². The minimum absolute atomic E-state index is 0.176. The van der Waals surface area contributed by atoms with Crippen molar-refractivity contribution in [2.45, 2.75) is 45.7 Å². The average Bonchev–Trinajstić information content (AvgIpc) is 3.33. The van der Waals surface area contributed by atoms with E-state index < -0.39 is 12.1 Å². The van der Waals surface area contributed by atoms with Crippen LogP contribution in [-0.2, 0) is 16.0 Å². The fraction of sp³-hybridized carbons (Fsp3) is 0.324. The van der Waals surface area contributed by atoms with Gasteiger partial charge in [0, 0.05) is 13.1 Å². The lowest BCUT2D eigenvalue weighted by Gasteiger charge is -2.33. The van der Waals surface area contributed by atoms with Crippen LogP contribution in [0.1, 0.15) is 44.4 Å².